The molecule has 0 amide bonds. The molecule has 1 nitrogen and oxygen atoms in total. The SMILES string of the molecule is C=c1ccs/c1=c1\sc(C(=O)c2ccccc2)cc1=C. The Morgan fingerprint density at radius 2 is 1.70 bits per heavy atom. The minimum atomic E-state index is 0.0499. The van der Waals surface area contributed by atoms with E-state index < -0.39 is 0 Å². The summed E-state index contributed by atoms with van der Waals surface area (Å²) in [6, 6.07) is 13.2. The van der Waals surface area contributed by atoms with Crippen molar-refractivity contribution in [1.29, 1.82) is 0 Å². The summed E-state index contributed by atoms with van der Waals surface area (Å²) >= 11 is 3.13. The molecule has 0 fully saturated rings. The largest absolute Gasteiger partial charge is 0.288 e. The van der Waals surface area contributed by atoms with E-state index in [-0.39, 0.29) is 5.78 Å². The zero-order valence-electron chi connectivity index (χ0n) is 10.8. The highest BCUT2D eigenvalue weighted by Gasteiger charge is 2.10. The van der Waals surface area contributed by atoms with Crippen LogP contribution in [-0.4, -0.2) is 5.78 Å². The number of benzene rings is 1. The number of carbonyl (C=O) groups is 1. The van der Waals surface area contributed by atoms with Gasteiger partial charge in [-0.05, 0) is 28.0 Å². The van der Waals surface area contributed by atoms with Crippen molar-refractivity contribution in [2.75, 3.05) is 0 Å². The Bertz CT molecular complexity index is 949. The Hall–Kier alpha value is -1.97. The second-order valence-corrected chi connectivity index (χ2v) is 6.40. The number of ketones is 1. The molecule has 0 saturated carbocycles. The van der Waals surface area contributed by atoms with E-state index in [0.717, 1.165) is 24.4 Å². The van der Waals surface area contributed by atoms with Gasteiger partial charge >= 0.3 is 0 Å². The maximum atomic E-state index is 12.4. The molecule has 0 aliphatic heterocycles. The highest BCUT2D eigenvalue weighted by Crippen LogP contribution is 2.14. The number of carbonyl (C=O) groups excluding carboxylic acids is 1. The lowest BCUT2D eigenvalue weighted by Crippen LogP contribution is -2.00. The van der Waals surface area contributed by atoms with Crippen LogP contribution >= 0.6 is 22.7 Å². The molecule has 20 heavy (non-hydrogen) atoms. The maximum Gasteiger partial charge on any atom is 0.202 e. The molecule has 0 aliphatic rings. The van der Waals surface area contributed by atoms with Crippen LogP contribution in [0.1, 0.15) is 15.2 Å². The molecule has 0 aliphatic carbocycles. The van der Waals surface area contributed by atoms with Gasteiger partial charge in [-0.3, -0.25) is 4.79 Å². The van der Waals surface area contributed by atoms with E-state index >= 15 is 0 Å². The van der Waals surface area contributed by atoms with Gasteiger partial charge in [-0.25, -0.2) is 0 Å². The third kappa shape index (κ3) is 2.26. The Morgan fingerprint density at radius 3 is 2.35 bits per heavy atom. The molecule has 0 bridgehead atoms. The van der Waals surface area contributed by atoms with Gasteiger partial charge in [0.25, 0.3) is 0 Å². The molecule has 2 heterocycles. The molecular formula is C17H12OS2. The molecule has 3 rings (SSSR count). The Kier molecular flexibility index (Phi) is 3.38. The van der Waals surface area contributed by atoms with E-state index in [9.17, 15) is 4.79 Å². The Balaban J connectivity index is 2.22. The first kappa shape index (κ1) is 13.0. The van der Waals surface area contributed by atoms with E-state index in [4.69, 9.17) is 0 Å². The highest BCUT2D eigenvalue weighted by atomic mass is 32.1. The number of rotatable bonds is 2. The predicted octanol–water partition coefficient (Wildman–Crippen LogP) is 3.15. The summed E-state index contributed by atoms with van der Waals surface area (Å²) in [5.74, 6) is 0.0499. The monoisotopic (exact) mass is 296 g/mol. The molecule has 98 valence electrons. The third-order valence-corrected chi connectivity index (χ3v) is 5.32. The molecule has 0 saturated heterocycles. The van der Waals surface area contributed by atoms with Crippen LogP contribution in [0.15, 0.2) is 47.8 Å². The second-order valence-electron chi connectivity index (χ2n) is 4.44. The smallest absolute Gasteiger partial charge is 0.202 e. The van der Waals surface area contributed by atoms with Crippen molar-refractivity contribution in [3.63, 3.8) is 0 Å². The molecule has 1 aromatic carbocycles. The summed E-state index contributed by atoms with van der Waals surface area (Å²) in [7, 11) is 0. The van der Waals surface area contributed by atoms with Gasteiger partial charge in [0.1, 0.15) is 0 Å². The molecule has 3 aromatic rings. The van der Waals surface area contributed by atoms with Gasteiger partial charge < -0.3 is 0 Å². The van der Waals surface area contributed by atoms with Crippen LogP contribution < -0.4 is 10.4 Å². The topological polar surface area (TPSA) is 17.1 Å². The maximum absolute atomic E-state index is 12.4. The number of thiophene rings is 2. The van der Waals surface area contributed by atoms with E-state index in [0.29, 0.717) is 5.56 Å². The molecule has 0 unspecified atom stereocenters. The first-order valence-electron chi connectivity index (χ1n) is 6.12. The van der Waals surface area contributed by atoms with Crippen LogP contribution in [0.4, 0.5) is 0 Å². The van der Waals surface area contributed by atoms with E-state index in [1.165, 1.54) is 11.3 Å². The van der Waals surface area contributed by atoms with Crippen molar-refractivity contribution < 1.29 is 4.79 Å². The molecule has 0 atom stereocenters. The molecule has 3 heteroatoms. The van der Waals surface area contributed by atoms with Gasteiger partial charge in [0.15, 0.2) is 0 Å². The molecule has 0 radical (unpaired) electrons. The Morgan fingerprint density at radius 1 is 0.950 bits per heavy atom. The second kappa shape index (κ2) is 5.19. The molecule has 2 aromatic heterocycles. The van der Waals surface area contributed by atoms with Crippen molar-refractivity contribution in [3.05, 3.63) is 77.8 Å². The van der Waals surface area contributed by atoms with Crippen molar-refractivity contribution >= 4 is 41.6 Å². The van der Waals surface area contributed by atoms with Gasteiger partial charge in [-0.2, -0.15) is 0 Å². The summed E-state index contributed by atoms with van der Waals surface area (Å²) in [5.41, 5.74) is 0.710. The van der Waals surface area contributed by atoms with Crippen LogP contribution in [0.2, 0.25) is 0 Å². The van der Waals surface area contributed by atoms with Crippen molar-refractivity contribution in [1.82, 2.24) is 0 Å². The number of hydrogen-bond acceptors (Lipinski definition) is 3. The van der Waals surface area contributed by atoms with Gasteiger partial charge in [-0.1, -0.05) is 43.5 Å². The fourth-order valence-electron chi connectivity index (χ4n) is 2.00. The van der Waals surface area contributed by atoms with Crippen molar-refractivity contribution in [3.8, 4) is 0 Å². The zero-order valence-corrected chi connectivity index (χ0v) is 12.4. The zero-order chi connectivity index (χ0) is 14.1. The fraction of sp³-hybridized carbons (Fsp3) is 0. The minimum Gasteiger partial charge on any atom is -0.288 e. The number of hydrogen-bond donors (Lipinski definition) is 0. The van der Waals surface area contributed by atoms with Gasteiger partial charge in [-0.15, -0.1) is 22.7 Å². The van der Waals surface area contributed by atoms with E-state index in [1.807, 2.05) is 47.8 Å². The lowest BCUT2D eigenvalue weighted by Gasteiger charge is -1.95. The summed E-state index contributed by atoms with van der Waals surface area (Å²) in [5, 5.41) is 3.89. The van der Waals surface area contributed by atoms with Crippen LogP contribution in [0, 0.1) is 9.06 Å². The van der Waals surface area contributed by atoms with Gasteiger partial charge in [0, 0.05) is 5.56 Å². The summed E-state index contributed by atoms with van der Waals surface area (Å²) in [4.78, 5) is 13.2. The van der Waals surface area contributed by atoms with Crippen molar-refractivity contribution in [2.24, 2.45) is 0 Å². The van der Waals surface area contributed by atoms with E-state index in [2.05, 4.69) is 13.2 Å². The normalized spacial score (nSPS) is 12.4. The quantitative estimate of drug-likeness (QED) is 0.664. The summed E-state index contributed by atoms with van der Waals surface area (Å²) in [6.45, 7) is 8.07. The molecular weight excluding hydrogens is 284 g/mol. The fourth-order valence-corrected chi connectivity index (χ4v) is 4.14. The first-order chi connectivity index (χ1) is 9.66. The first-order valence-corrected chi connectivity index (χ1v) is 7.82. The summed E-state index contributed by atoms with van der Waals surface area (Å²) < 4.78 is 2.15. The molecule has 0 N–H and O–H groups in total. The lowest BCUT2D eigenvalue weighted by atomic mass is 10.1. The van der Waals surface area contributed by atoms with Gasteiger partial charge in [0.05, 0.1) is 13.9 Å². The predicted molar refractivity (Wildman–Crippen MR) is 86.5 cm³/mol. The van der Waals surface area contributed by atoms with Crippen LogP contribution in [0.5, 0.6) is 0 Å². The van der Waals surface area contributed by atoms with Crippen LogP contribution in [-0.2, 0) is 0 Å². The lowest BCUT2D eigenvalue weighted by molar-refractivity contribution is 0.104. The standard InChI is InChI=1S/C17H12OS2/c1-11-8-9-19-16(11)17-12(2)10-14(20-17)15(18)13-6-4-3-5-7-13/h3-10H,1-2H2/b17-16-. The highest BCUT2D eigenvalue weighted by molar-refractivity contribution is 7.14. The van der Waals surface area contributed by atoms with Crippen LogP contribution in [0.3, 0.4) is 0 Å². The average molecular weight is 296 g/mol. The molecule has 0 spiro atoms. The summed E-state index contributed by atoms with van der Waals surface area (Å²) in [6.07, 6.45) is 0. The van der Waals surface area contributed by atoms with Crippen molar-refractivity contribution in [2.45, 2.75) is 0 Å². The van der Waals surface area contributed by atoms with Gasteiger partial charge in [0.2, 0.25) is 5.78 Å². The minimum absolute atomic E-state index is 0.0499. The average Bonchev–Trinajstić information content (AvgIpc) is 3.05. The third-order valence-electron chi connectivity index (χ3n) is 3.02. The van der Waals surface area contributed by atoms with E-state index in [1.54, 1.807) is 11.3 Å². The van der Waals surface area contributed by atoms with Crippen LogP contribution in [0.25, 0.3) is 13.2 Å². The Labute approximate surface area is 124 Å².